The Labute approximate surface area is 167 Å². The van der Waals surface area contributed by atoms with E-state index < -0.39 is 0 Å². The van der Waals surface area contributed by atoms with Gasteiger partial charge in [0.15, 0.2) is 23.0 Å². The lowest BCUT2D eigenvalue weighted by molar-refractivity contribution is 0.0953. The van der Waals surface area contributed by atoms with Gasteiger partial charge in [-0.2, -0.15) is 0 Å². The number of fused-ring (bicyclic) bond motifs is 1. The van der Waals surface area contributed by atoms with Crippen molar-refractivity contribution in [3.05, 3.63) is 45.4 Å². The number of carbonyl (C=O) groups excluding carboxylic acids is 1. The summed E-state index contributed by atoms with van der Waals surface area (Å²) >= 11 is 12.4. The van der Waals surface area contributed by atoms with E-state index in [1.807, 2.05) is 12.1 Å². The van der Waals surface area contributed by atoms with Gasteiger partial charge in [0.2, 0.25) is 0 Å². The van der Waals surface area contributed by atoms with Crippen LogP contribution in [0.1, 0.15) is 15.9 Å². The Morgan fingerprint density at radius 1 is 1.07 bits per heavy atom. The van der Waals surface area contributed by atoms with Gasteiger partial charge in [-0.25, -0.2) is 0 Å². The molecule has 144 valence electrons. The van der Waals surface area contributed by atoms with E-state index in [4.69, 9.17) is 42.1 Å². The SMILES string of the molecule is COc1cc(C(=O)NCCc2cc(Cl)c3c(c2)OCCO3)cc(Cl)c1OC. The Bertz CT molecular complexity index is 856. The van der Waals surface area contributed by atoms with Gasteiger partial charge in [-0.15, -0.1) is 0 Å². The average Bonchev–Trinajstić information content (AvgIpc) is 2.67. The van der Waals surface area contributed by atoms with E-state index in [2.05, 4.69) is 5.32 Å². The number of methoxy groups -OCH3 is 2. The van der Waals surface area contributed by atoms with E-state index in [0.717, 1.165) is 5.56 Å². The minimum Gasteiger partial charge on any atom is -0.493 e. The van der Waals surface area contributed by atoms with Crippen molar-refractivity contribution < 1.29 is 23.7 Å². The molecule has 2 aromatic rings. The zero-order chi connectivity index (χ0) is 19.4. The zero-order valence-corrected chi connectivity index (χ0v) is 16.4. The molecule has 8 heteroatoms. The summed E-state index contributed by atoms with van der Waals surface area (Å²) in [5.74, 6) is 1.72. The third-order valence-electron chi connectivity index (χ3n) is 4.05. The first-order valence-electron chi connectivity index (χ1n) is 8.31. The highest BCUT2D eigenvalue weighted by atomic mass is 35.5. The lowest BCUT2D eigenvalue weighted by Crippen LogP contribution is -2.26. The van der Waals surface area contributed by atoms with Crippen molar-refractivity contribution in [2.24, 2.45) is 0 Å². The molecule has 0 fully saturated rings. The van der Waals surface area contributed by atoms with Gasteiger partial charge in [0, 0.05) is 12.1 Å². The summed E-state index contributed by atoms with van der Waals surface area (Å²) in [5.41, 5.74) is 1.33. The van der Waals surface area contributed by atoms with Gasteiger partial charge >= 0.3 is 0 Å². The first-order valence-corrected chi connectivity index (χ1v) is 9.06. The van der Waals surface area contributed by atoms with Crippen LogP contribution in [0.2, 0.25) is 10.0 Å². The molecule has 0 saturated heterocycles. The molecule has 0 spiro atoms. The summed E-state index contributed by atoms with van der Waals surface area (Å²) in [7, 11) is 2.98. The normalized spacial score (nSPS) is 12.4. The van der Waals surface area contributed by atoms with Gasteiger partial charge in [-0.3, -0.25) is 4.79 Å². The van der Waals surface area contributed by atoms with Crippen LogP contribution in [0.3, 0.4) is 0 Å². The van der Waals surface area contributed by atoms with Crippen molar-refractivity contribution in [1.29, 1.82) is 0 Å². The van der Waals surface area contributed by atoms with E-state index in [-0.39, 0.29) is 5.91 Å². The Morgan fingerprint density at radius 3 is 2.59 bits per heavy atom. The van der Waals surface area contributed by atoms with Crippen LogP contribution in [-0.4, -0.2) is 39.9 Å². The number of amides is 1. The maximum atomic E-state index is 12.4. The van der Waals surface area contributed by atoms with E-state index >= 15 is 0 Å². The molecule has 1 N–H and O–H groups in total. The van der Waals surface area contributed by atoms with Crippen molar-refractivity contribution in [1.82, 2.24) is 5.32 Å². The van der Waals surface area contributed by atoms with E-state index in [1.54, 1.807) is 12.1 Å². The third-order valence-corrected chi connectivity index (χ3v) is 4.61. The van der Waals surface area contributed by atoms with Gasteiger partial charge in [-0.05, 0) is 36.2 Å². The fourth-order valence-corrected chi connectivity index (χ4v) is 3.36. The third kappa shape index (κ3) is 4.34. The Hall–Kier alpha value is -2.31. The van der Waals surface area contributed by atoms with Crippen molar-refractivity contribution in [2.45, 2.75) is 6.42 Å². The summed E-state index contributed by atoms with van der Waals surface area (Å²) in [6.45, 7) is 1.39. The number of carbonyl (C=O) groups is 1. The second kappa shape index (κ2) is 8.59. The van der Waals surface area contributed by atoms with E-state index in [9.17, 15) is 4.79 Å². The molecule has 0 radical (unpaired) electrons. The van der Waals surface area contributed by atoms with Crippen molar-refractivity contribution in [3.8, 4) is 23.0 Å². The maximum absolute atomic E-state index is 12.4. The van der Waals surface area contributed by atoms with Crippen molar-refractivity contribution >= 4 is 29.1 Å². The predicted octanol–water partition coefficient (Wildman–Crippen LogP) is 3.75. The van der Waals surface area contributed by atoms with Gasteiger partial charge in [0.25, 0.3) is 5.91 Å². The lowest BCUT2D eigenvalue weighted by Gasteiger charge is -2.20. The van der Waals surface area contributed by atoms with Crippen LogP contribution >= 0.6 is 23.2 Å². The standard InChI is InChI=1S/C19H19Cl2NO5/c1-24-15-10-12(9-14(21)17(15)25-2)19(23)22-4-3-11-7-13(20)18-16(8-11)26-5-6-27-18/h7-10H,3-6H2,1-2H3,(H,22,23). The van der Waals surface area contributed by atoms with Crippen LogP contribution in [-0.2, 0) is 6.42 Å². The number of ether oxygens (including phenoxy) is 4. The Morgan fingerprint density at radius 2 is 1.85 bits per heavy atom. The molecule has 6 nitrogen and oxygen atoms in total. The topological polar surface area (TPSA) is 66.0 Å². The smallest absolute Gasteiger partial charge is 0.251 e. The first-order chi connectivity index (χ1) is 13.0. The second-order valence-corrected chi connectivity index (χ2v) is 6.62. The largest absolute Gasteiger partial charge is 0.493 e. The zero-order valence-electron chi connectivity index (χ0n) is 14.9. The molecule has 0 saturated carbocycles. The van der Waals surface area contributed by atoms with Gasteiger partial charge < -0.3 is 24.3 Å². The summed E-state index contributed by atoms with van der Waals surface area (Å²) < 4.78 is 21.5. The van der Waals surface area contributed by atoms with Gasteiger partial charge in [0.05, 0.1) is 24.3 Å². The maximum Gasteiger partial charge on any atom is 0.251 e. The van der Waals surface area contributed by atoms with Gasteiger partial charge in [0.1, 0.15) is 13.2 Å². The molecular weight excluding hydrogens is 393 g/mol. The molecule has 2 aromatic carbocycles. The van der Waals surface area contributed by atoms with E-state index in [1.165, 1.54) is 14.2 Å². The summed E-state index contributed by atoms with van der Waals surface area (Å²) in [6.07, 6.45) is 0.586. The molecule has 0 atom stereocenters. The quantitative estimate of drug-likeness (QED) is 0.783. The molecular formula is C19H19Cl2NO5. The Balaban J connectivity index is 1.65. The van der Waals surface area contributed by atoms with Crippen molar-refractivity contribution in [2.75, 3.05) is 34.0 Å². The minimum atomic E-state index is -0.263. The number of hydrogen-bond acceptors (Lipinski definition) is 5. The number of hydrogen-bond donors (Lipinski definition) is 1. The molecule has 1 amide bonds. The number of nitrogens with one attached hydrogen (secondary N) is 1. The molecule has 0 aliphatic carbocycles. The van der Waals surface area contributed by atoms with Crippen LogP contribution in [0.5, 0.6) is 23.0 Å². The first kappa shape index (κ1) is 19.5. The molecule has 0 unspecified atom stereocenters. The van der Waals surface area contributed by atoms with Crippen LogP contribution in [0.25, 0.3) is 0 Å². The molecule has 1 aliphatic rings. The van der Waals surface area contributed by atoms with E-state index in [0.29, 0.717) is 64.8 Å². The highest BCUT2D eigenvalue weighted by molar-refractivity contribution is 6.33. The summed E-state index contributed by atoms with van der Waals surface area (Å²) in [6, 6.07) is 6.81. The summed E-state index contributed by atoms with van der Waals surface area (Å²) in [5, 5.41) is 3.66. The average molecular weight is 412 g/mol. The molecule has 3 rings (SSSR count). The number of benzene rings is 2. The van der Waals surface area contributed by atoms with Crippen LogP contribution in [0.15, 0.2) is 24.3 Å². The molecule has 0 bridgehead atoms. The molecule has 27 heavy (non-hydrogen) atoms. The number of halogens is 2. The molecule has 1 aliphatic heterocycles. The predicted molar refractivity (Wildman–Crippen MR) is 103 cm³/mol. The molecule has 0 aromatic heterocycles. The fourth-order valence-electron chi connectivity index (χ4n) is 2.78. The minimum absolute atomic E-state index is 0.263. The summed E-state index contributed by atoms with van der Waals surface area (Å²) in [4.78, 5) is 12.4. The monoisotopic (exact) mass is 411 g/mol. The lowest BCUT2D eigenvalue weighted by atomic mass is 10.1. The van der Waals surface area contributed by atoms with Gasteiger partial charge in [-0.1, -0.05) is 23.2 Å². The fraction of sp³-hybridized carbons (Fsp3) is 0.316. The van der Waals surface area contributed by atoms with Crippen LogP contribution in [0.4, 0.5) is 0 Å². The van der Waals surface area contributed by atoms with Crippen molar-refractivity contribution in [3.63, 3.8) is 0 Å². The van der Waals surface area contributed by atoms with Crippen LogP contribution in [0, 0.1) is 0 Å². The number of rotatable bonds is 6. The Kier molecular flexibility index (Phi) is 6.19. The van der Waals surface area contributed by atoms with Crippen LogP contribution < -0.4 is 24.3 Å². The highest BCUT2D eigenvalue weighted by Crippen LogP contribution is 2.38. The second-order valence-electron chi connectivity index (χ2n) is 5.80. The molecule has 1 heterocycles. The highest BCUT2D eigenvalue weighted by Gasteiger charge is 2.17.